The van der Waals surface area contributed by atoms with E-state index in [1.54, 1.807) is 20.8 Å². The van der Waals surface area contributed by atoms with Crippen molar-refractivity contribution in [3.63, 3.8) is 0 Å². The van der Waals surface area contributed by atoms with E-state index in [0.29, 0.717) is 25.9 Å². The van der Waals surface area contributed by atoms with Crippen LogP contribution in [0.15, 0.2) is 18.3 Å². The number of nitrogens with zero attached hydrogens (tertiary/aromatic N) is 2. The van der Waals surface area contributed by atoms with Gasteiger partial charge < -0.3 is 9.47 Å². The van der Waals surface area contributed by atoms with Gasteiger partial charge in [0.05, 0.1) is 0 Å². The van der Waals surface area contributed by atoms with E-state index in [9.17, 15) is 13.2 Å². The minimum Gasteiger partial charge on any atom is -0.459 e. The summed E-state index contributed by atoms with van der Waals surface area (Å²) in [4.78, 5) is 17.6. The monoisotopic (exact) mass is 422 g/mol. The van der Waals surface area contributed by atoms with Gasteiger partial charge in [-0.2, -0.15) is 0 Å². The molecule has 1 aromatic rings. The maximum Gasteiger partial charge on any atom is 0.329 e. The van der Waals surface area contributed by atoms with Gasteiger partial charge in [0.25, 0.3) is 0 Å². The number of piperidine rings is 1. The normalized spacial score (nSPS) is 21.6. The molecule has 29 heavy (non-hydrogen) atoms. The topological polar surface area (TPSA) is 85.8 Å². The average Bonchev–Trinajstić information content (AvgIpc) is 2.68. The number of hydrogen-bond acceptors (Lipinski definition) is 6. The van der Waals surface area contributed by atoms with Gasteiger partial charge in [-0.05, 0) is 39.7 Å². The lowest BCUT2D eigenvalue weighted by molar-refractivity contribution is -0.161. The second-order valence-corrected chi connectivity index (χ2v) is 11.3. The molecule has 0 atom stereocenters. The Balaban J connectivity index is 1.78. The predicted molar refractivity (Wildman–Crippen MR) is 114 cm³/mol. The zero-order chi connectivity index (χ0) is 21.3. The van der Waals surface area contributed by atoms with Gasteiger partial charge in [0.1, 0.15) is 13.4 Å². The quantitative estimate of drug-likeness (QED) is 0.526. The molecular weight excluding hydrogens is 391 g/mol. The molecule has 2 aliphatic heterocycles. The number of rotatable bonds is 4. The Kier molecular flexibility index (Phi) is 6.41. The van der Waals surface area contributed by atoms with Crippen molar-refractivity contribution in [2.45, 2.75) is 62.7 Å². The van der Waals surface area contributed by atoms with Crippen LogP contribution in [0.2, 0.25) is 0 Å². The van der Waals surface area contributed by atoms with Crippen LogP contribution < -0.4 is 5.46 Å². The largest absolute Gasteiger partial charge is 0.459 e. The molecule has 0 spiro atoms. The summed E-state index contributed by atoms with van der Waals surface area (Å²) < 4.78 is 38.1. The molecule has 2 saturated heterocycles. The highest BCUT2D eigenvalue weighted by Gasteiger charge is 2.56. The van der Waals surface area contributed by atoms with Crippen molar-refractivity contribution in [2.24, 2.45) is 0 Å². The Morgan fingerprint density at radius 3 is 2.38 bits per heavy atom. The fourth-order valence-corrected chi connectivity index (χ4v) is 6.12. The summed E-state index contributed by atoms with van der Waals surface area (Å²) in [6.45, 7) is 6.51. The third kappa shape index (κ3) is 4.67. The number of ether oxygens (including phenoxy) is 2. The standard InChI is InChI=1S/C20H31BN2O5S/c1-19(2,3)28-18(24)20(8-12-27-13-9-20)29(25,26)23-10-6-15(7-11-23)17-5-4-16(21)14-22-17/h4-5,14-15H,6-13,21H2,1-3H3. The average molecular weight is 422 g/mol. The van der Waals surface area contributed by atoms with E-state index in [-0.39, 0.29) is 32.0 Å². The number of pyridine rings is 1. The number of aromatic nitrogens is 1. The molecule has 0 aliphatic carbocycles. The van der Waals surface area contributed by atoms with E-state index in [1.165, 1.54) is 4.31 Å². The molecule has 0 saturated carbocycles. The summed E-state index contributed by atoms with van der Waals surface area (Å²) in [5, 5.41) is 0. The SMILES string of the molecule is Bc1ccc(C2CCN(S(=O)(=O)C3(C(=O)OC(C)(C)C)CCOCC3)CC2)nc1. The molecule has 160 valence electrons. The highest BCUT2D eigenvalue weighted by atomic mass is 32.2. The Labute approximate surface area is 174 Å². The molecule has 0 bridgehead atoms. The number of carbonyl (C=O) groups excluding carboxylic acids is 1. The number of esters is 1. The molecule has 3 rings (SSSR count). The molecule has 9 heteroatoms. The first kappa shape index (κ1) is 22.2. The smallest absolute Gasteiger partial charge is 0.329 e. The van der Waals surface area contributed by atoms with Crippen LogP contribution in [0, 0.1) is 0 Å². The van der Waals surface area contributed by atoms with Crippen molar-refractivity contribution in [3.8, 4) is 0 Å². The van der Waals surface area contributed by atoms with E-state index in [2.05, 4.69) is 4.98 Å². The lowest BCUT2D eigenvalue weighted by Gasteiger charge is -2.41. The predicted octanol–water partition coefficient (Wildman–Crippen LogP) is 0.740. The molecule has 1 aromatic heterocycles. The van der Waals surface area contributed by atoms with E-state index in [0.717, 1.165) is 11.2 Å². The van der Waals surface area contributed by atoms with Crippen LogP contribution >= 0.6 is 0 Å². The van der Waals surface area contributed by atoms with Crippen molar-refractivity contribution < 1.29 is 22.7 Å². The minimum absolute atomic E-state index is 0.129. The highest BCUT2D eigenvalue weighted by molar-refractivity contribution is 7.91. The number of hydrogen-bond donors (Lipinski definition) is 0. The van der Waals surface area contributed by atoms with E-state index in [4.69, 9.17) is 9.47 Å². The van der Waals surface area contributed by atoms with Crippen LogP contribution in [0.3, 0.4) is 0 Å². The second-order valence-electron chi connectivity index (χ2n) is 9.05. The summed E-state index contributed by atoms with van der Waals surface area (Å²) >= 11 is 0. The van der Waals surface area contributed by atoms with Crippen LogP contribution in [0.5, 0.6) is 0 Å². The van der Waals surface area contributed by atoms with Crippen LogP contribution in [0.25, 0.3) is 0 Å². The van der Waals surface area contributed by atoms with Gasteiger partial charge in [0.2, 0.25) is 10.0 Å². The maximum absolute atomic E-state index is 13.6. The van der Waals surface area contributed by atoms with Crippen molar-refractivity contribution >= 4 is 29.3 Å². The van der Waals surface area contributed by atoms with E-state index >= 15 is 0 Å². The second kappa shape index (κ2) is 8.36. The lowest BCUT2D eigenvalue weighted by atomic mass is 9.92. The molecule has 0 radical (unpaired) electrons. The molecule has 3 heterocycles. The summed E-state index contributed by atoms with van der Waals surface area (Å²) in [6.07, 6.45) is 3.48. The van der Waals surface area contributed by atoms with Crippen LogP contribution in [-0.4, -0.2) is 68.2 Å². The zero-order valence-corrected chi connectivity index (χ0v) is 18.6. The van der Waals surface area contributed by atoms with Gasteiger partial charge in [-0.15, -0.1) is 0 Å². The molecule has 0 N–H and O–H groups in total. The third-order valence-electron chi connectivity index (χ3n) is 5.71. The van der Waals surface area contributed by atoms with Gasteiger partial charge in [0.15, 0.2) is 4.75 Å². The molecule has 2 aliphatic rings. The molecule has 7 nitrogen and oxygen atoms in total. The van der Waals surface area contributed by atoms with Crippen LogP contribution in [0.1, 0.15) is 58.1 Å². The summed E-state index contributed by atoms with van der Waals surface area (Å²) in [5.41, 5.74) is 1.36. The lowest BCUT2D eigenvalue weighted by Crippen LogP contribution is -2.58. The van der Waals surface area contributed by atoms with Gasteiger partial charge in [-0.3, -0.25) is 9.78 Å². The van der Waals surface area contributed by atoms with Crippen LogP contribution in [0.4, 0.5) is 0 Å². The first-order chi connectivity index (χ1) is 13.6. The Bertz CT molecular complexity index is 821. The fraction of sp³-hybridized carbons (Fsp3) is 0.700. The zero-order valence-electron chi connectivity index (χ0n) is 17.8. The maximum atomic E-state index is 13.6. The van der Waals surface area contributed by atoms with Gasteiger partial charge >= 0.3 is 5.97 Å². The Hall–Kier alpha value is -1.45. The van der Waals surface area contributed by atoms with Crippen LogP contribution in [-0.2, 0) is 24.3 Å². The first-order valence-electron chi connectivity index (χ1n) is 10.3. The number of carbonyl (C=O) groups is 1. The first-order valence-corrected chi connectivity index (χ1v) is 11.7. The molecular formula is C20H31BN2O5S. The van der Waals surface area contributed by atoms with Crippen molar-refractivity contribution in [2.75, 3.05) is 26.3 Å². The van der Waals surface area contributed by atoms with E-state index < -0.39 is 26.3 Å². The van der Waals surface area contributed by atoms with Gasteiger partial charge in [-0.25, -0.2) is 12.7 Å². The summed E-state index contributed by atoms with van der Waals surface area (Å²) in [5.74, 6) is -0.426. The van der Waals surface area contributed by atoms with Gasteiger partial charge in [0, 0.05) is 57.0 Å². The molecule has 0 aromatic carbocycles. The summed E-state index contributed by atoms with van der Waals surface area (Å²) in [7, 11) is -1.88. The highest BCUT2D eigenvalue weighted by Crippen LogP contribution is 2.38. The molecule has 2 fully saturated rings. The molecule has 0 amide bonds. The third-order valence-corrected chi connectivity index (χ3v) is 8.32. The fourth-order valence-electron chi connectivity index (χ4n) is 4.00. The van der Waals surface area contributed by atoms with Crippen molar-refractivity contribution in [1.82, 2.24) is 9.29 Å². The van der Waals surface area contributed by atoms with Crippen molar-refractivity contribution in [3.05, 3.63) is 24.0 Å². The Morgan fingerprint density at radius 2 is 1.86 bits per heavy atom. The Morgan fingerprint density at radius 1 is 1.24 bits per heavy atom. The minimum atomic E-state index is -3.87. The van der Waals surface area contributed by atoms with Crippen molar-refractivity contribution in [1.29, 1.82) is 0 Å². The molecule has 0 unspecified atom stereocenters. The summed E-state index contributed by atoms with van der Waals surface area (Å²) in [6, 6.07) is 4.05. The van der Waals surface area contributed by atoms with Gasteiger partial charge in [-0.1, -0.05) is 11.5 Å². The van der Waals surface area contributed by atoms with E-state index in [1.807, 2.05) is 26.2 Å². The number of sulfonamides is 1.